The summed E-state index contributed by atoms with van der Waals surface area (Å²) < 4.78 is 18.7. The first-order valence-electron chi connectivity index (χ1n) is 7.74. The molecule has 4 nitrogen and oxygen atoms in total. The lowest BCUT2D eigenvalue weighted by Gasteiger charge is -2.33. The van der Waals surface area contributed by atoms with Crippen LogP contribution in [0.15, 0.2) is 29.6 Å². The van der Waals surface area contributed by atoms with Gasteiger partial charge in [-0.1, -0.05) is 19.1 Å². The molecule has 0 radical (unpaired) electrons. The first-order chi connectivity index (χ1) is 11.2. The van der Waals surface area contributed by atoms with Gasteiger partial charge in [0.1, 0.15) is 11.9 Å². The van der Waals surface area contributed by atoms with Gasteiger partial charge in [0, 0.05) is 11.9 Å². The zero-order valence-electron chi connectivity index (χ0n) is 13.0. The highest BCUT2D eigenvalue weighted by molar-refractivity contribution is 7.09. The number of thiazole rings is 1. The zero-order valence-corrected chi connectivity index (χ0v) is 13.8. The van der Waals surface area contributed by atoms with E-state index in [2.05, 4.69) is 11.9 Å². The Morgan fingerprint density at radius 1 is 1.43 bits per heavy atom. The number of aryl methyl sites for hydroxylation is 1. The molecule has 1 aliphatic heterocycles. The number of hydrogen-bond donors (Lipinski definition) is 0. The molecule has 0 spiro atoms. The number of rotatable bonds is 4. The lowest BCUT2D eigenvalue weighted by Crippen LogP contribution is -2.43. The first kappa shape index (κ1) is 16.1. The number of carbonyl (C=O) groups is 1. The van der Waals surface area contributed by atoms with Crippen LogP contribution in [0.3, 0.4) is 0 Å². The number of amides is 1. The van der Waals surface area contributed by atoms with E-state index in [0.29, 0.717) is 26.1 Å². The number of hydrogen-bond acceptors (Lipinski definition) is 4. The minimum Gasteiger partial charge on any atom is -0.370 e. The third-order valence-electron chi connectivity index (χ3n) is 3.90. The van der Waals surface area contributed by atoms with E-state index < -0.39 is 0 Å². The summed E-state index contributed by atoms with van der Waals surface area (Å²) in [5.41, 5.74) is 1.73. The van der Waals surface area contributed by atoms with Crippen molar-refractivity contribution in [1.82, 2.24) is 9.88 Å². The number of carbonyl (C=O) groups excluding carboxylic acids is 1. The molecule has 1 aromatic carbocycles. The Morgan fingerprint density at radius 2 is 2.22 bits per heavy atom. The maximum atomic E-state index is 13.0. The average Bonchev–Trinajstić information content (AvgIpc) is 3.03. The minimum atomic E-state index is -0.271. The summed E-state index contributed by atoms with van der Waals surface area (Å²) in [6.45, 7) is 3.63. The third-order valence-corrected chi connectivity index (χ3v) is 4.94. The molecule has 2 heterocycles. The molecule has 1 saturated heterocycles. The maximum Gasteiger partial charge on any atom is 0.228 e. The van der Waals surface area contributed by atoms with Crippen LogP contribution < -0.4 is 0 Å². The van der Waals surface area contributed by atoms with Crippen molar-refractivity contribution in [2.75, 3.05) is 19.7 Å². The van der Waals surface area contributed by atoms with E-state index in [-0.39, 0.29) is 17.8 Å². The van der Waals surface area contributed by atoms with Crippen molar-refractivity contribution < 1.29 is 13.9 Å². The molecule has 1 fully saturated rings. The van der Waals surface area contributed by atoms with Crippen LogP contribution in [0.2, 0.25) is 0 Å². The lowest BCUT2D eigenvalue weighted by atomic mass is 10.1. The summed E-state index contributed by atoms with van der Waals surface area (Å²) >= 11 is 1.59. The van der Waals surface area contributed by atoms with Crippen LogP contribution >= 0.6 is 11.3 Å². The summed E-state index contributed by atoms with van der Waals surface area (Å²) in [6, 6.07) is 6.26. The van der Waals surface area contributed by atoms with Gasteiger partial charge in [0.15, 0.2) is 0 Å². The standard InChI is InChI=1S/C17H19FN2O2S/c1-2-16-19-14(11-23-16)9-17(21)20-7-8-22-15(10-20)12-3-5-13(18)6-4-12/h3-6,11,15H,2,7-10H2,1H3/t15-/m1/s1. The van der Waals surface area contributed by atoms with Crippen molar-refractivity contribution in [3.8, 4) is 0 Å². The number of morpholine rings is 1. The van der Waals surface area contributed by atoms with E-state index >= 15 is 0 Å². The number of nitrogens with zero attached hydrogens (tertiary/aromatic N) is 2. The predicted octanol–water partition coefficient (Wildman–Crippen LogP) is 2.99. The smallest absolute Gasteiger partial charge is 0.228 e. The molecule has 23 heavy (non-hydrogen) atoms. The van der Waals surface area contributed by atoms with Crippen molar-refractivity contribution in [3.05, 3.63) is 51.7 Å². The predicted molar refractivity (Wildman–Crippen MR) is 86.9 cm³/mol. The van der Waals surface area contributed by atoms with Gasteiger partial charge in [-0.05, 0) is 24.1 Å². The highest BCUT2D eigenvalue weighted by atomic mass is 32.1. The van der Waals surface area contributed by atoms with Crippen LogP contribution in [0, 0.1) is 5.82 Å². The van der Waals surface area contributed by atoms with Crippen molar-refractivity contribution in [3.63, 3.8) is 0 Å². The van der Waals surface area contributed by atoms with Gasteiger partial charge in [0.2, 0.25) is 5.91 Å². The second kappa shape index (κ2) is 7.19. The topological polar surface area (TPSA) is 42.4 Å². The van der Waals surface area contributed by atoms with E-state index in [0.717, 1.165) is 22.7 Å². The zero-order chi connectivity index (χ0) is 16.2. The summed E-state index contributed by atoms with van der Waals surface area (Å²) in [5.74, 6) is -0.207. The molecule has 3 rings (SSSR count). The van der Waals surface area contributed by atoms with Crippen LogP contribution in [0.5, 0.6) is 0 Å². The molecule has 2 aromatic rings. The molecule has 1 aliphatic rings. The molecule has 1 aromatic heterocycles. The van der Waals surface area contributed by atoms with Gasteiger partial charge in [-0.25, -0.2) is 9.37 Å². The van der Waals surface area contributed by atoms with Crippen molar-refractivity contribution in [1.29, 1.82) is 0 Å². The van der Waals surface area contributed by atoms with Crippen LogP contribution in [-0.2, 0) is 22.4 Å². The molecule has 0 bridgehead atoms. The monoisotopic (exact) mass is 334 g/mol. The lowest BCUT2D eigenvalue weighted by molar-refractivity contribution is -0.138. The molecule has 1 amide bonds. The largest absolute Gasteiger partial charge is 0.370 e. The van der Waals surface area contributed by atoms with Crippen molar-refractivity contribution in [2.24, 2.45) is 0 Å². The van der Waals surface area contributed by atoms with Gasteiger partial charge < -0.3 is 9.64 Å². The molecule has 122 valence electrons. The Labute approximate surface area is 138 Å². The maximum absolute atomic E-state index is 13.0. The molecule has 0 aliphatic carbocycles. The van der Waals surface area contributed by atoms with Crippen LogP contribution in [0.25, 0.3) is 0 Å². The number of ether oxygens (including phenoxy) is 1. The number of benzene rings is 1. The third kappa shape index (κ3) is 3.95. The first-order valence-corrected chi connectivity index (χ1v) is 8.61. The molecule has 0 saturated carbocycles. The Kier molecular flexibility index (Phi) is 5.03. The molecule has 6 heteroatoms. The molecule has 0 N–H and O–H groups in total. The fourth-order valence-corrected chi connectivity index (χ4v) is 3.36. The summed E-state index contributed by atoms with van der Waals surface area (Å²) in [7, 11) is 0. The Morgan fingerprint density at radius 3 is 2.91 bits per heavy atom. The minimum absolute atomic E-state index is 0.0633. The van der Waals surface area contributed by atoms with Crippen LogP contribution in [-0.4, -0.2) is 35.5 Å². The second-order valence-electron chi connectivity index (χ2n) is 5.51. The SMILES string of the molecule is CCc1nc(CC(=O)N2CCO[C@@H](c3ccc(F)cc3)C2)cs1. The Balaban J connectivity index is 1.63. The summed E-state index contributed by atoms with van der Waals surface area (Å²) in [6.07, 6.45) is 1.02. The summed E-state index contributed by atoms with van der Waals surface area (Å²) in [5, 5.41) is 3.01. The molecular weight excluding hydrogens is 315 g/mol. The quantitative estimate of drug-likeness (QED) is 0.863. The number of halogens is 1. The van der Waals surface area contributed by atoms with Crippen LogP contribution in [0.4, 0.5) is 4.39 Å². The fraction of sp³-hybridized carbons (Fsp3) is 0.412. The van der Waals surface area contributed by atoms with E-state index in [1.54, 1.807) is 23.5 Å². The molecule has 0 unspecified atom stereocenters. The van der Waals surface area contributed by atoms with Gasteiger partial charge in [-0.15, -0.1) is 11.3 Å². The fourth-order valence-electron chi connectivity index (χ4n) is 2.61. The van der Waals surface area contributed by atoms with E-state index in [1.165, 1.54) is 12.1 Å². The highest BCUT2D eigenvalue weighted by Crippen LogP contribution is 2.23. The van der Waals surface area contributed by atoms with Gasteiger partial charge in [0.25, 0.3) is 0 Å². The summed E-state index contributed by atoms with van der Waals surface area (Å²) in [4.78, 5) is 18.7. The Bertz CT molecular complexity index is 671. The highest BCUT2D eigenvalue weighted by Gasteiger charge is 2.25. The number of aromatic nitrogens is 1. The normalized spacial score (nSPS) is 18.2. The Hall–Kier alpha value is -1.79. The van der Waals surface area contributed by atoms with Crippen molar-refractivity contribution >= 4 is 17.2 Å². The van der Waals surface area contributed by atoms with E-state index in [4.69, 9.17) is 4.74 Å². The van der Waals surface area contributed by atoms with Gasteiger partial charge >= 0.3 is 0 Å². The second-order valence-corrected chi connectivity index (χ2v) is 6.46. The van der Waals surface area contributed by atoms with Gasteiger partial charge in [0.05, 0.1) is 30.3 Å². The van der Waals surface area contributed by atoms with Crippen molar-refractivity contribution in [2.45, 2.75) is 25.9 Å². The van der Waals surface area contributed by atoms with Gasteiger partial charge in [-0.3, -0.25) is 4.79 Å². The average molecular weight is 334 g/mol. The van der Waals surface area contributed by atoms with E-state index in [1.807, 2.05) is 10.3 Å². The van der Waals surface area contributed by atoms with Crippen LogP contribution in [0.1, 0.15) is 29.3 Å². The molecule has 1 atom stereocenters. The molecular formula is C17H19FN2O2S. The van der Waals surface area contributed by atoms with Gasteiger partial charge in [-0.2, -0.15) is 0 Å². The van der Waals surface area contributed by atoms with E-state index in [9.17, 15) is 9.18 Å².